The highest BCUT2D eigenvalue weighted by Crippen LogP contribution is 2.19. The third-order valence-electron chi connectivity index (χ3n) is 2.90. The molecule has 1 unspecified atom stereocenters. The molecule has 0 saturated heterocycles. The fraction of sp³-hybridized carbons (Fsp3) is 0.286. The molecular weight excluding hydrogens is 231 g/mol. The van der Waals surface area contributed by atoms with Crippen LogP contribution in [0.4, 0.5) is 4.39 Å². The maximum Gasteiger partial charge on any atom is 0.165 e. The summed E-state index contributed by atoms with van der Waals surface area (Å²) in [5, 5.41) is 0. The lowest BCUT2D eigenvalue weighted by atomic mass is 10.2. The van der Waals surface area contributed by atoms with Gasteiger partial charge in [-0.3, -0.25) is 0 Å². The van der Waals surface area contributed by atoms with Crippen LogP contribution in [-0.2, 0) is 6.54 Å². The topological polar surface area (TPSA) is 40.2 Å². The van der Waals surface area contributed by atoms with Gasteiger partial charge in [0.15, 0.2) is 11.6 Å². The van der Waals surface area contributed by atoms with Crippen LogP contribution in [0.5, 0.6) is 5.75 Å². The maximum atomic E-state index is 13.6. The molecule has 1 atom stereocenters. The van der Waals surface area contributed by atoms with Crippen LogP contribution in [0.25, 0.3) is 0 Å². The summed E-state index contributed by atoms with van der Waals surface area (Å²) in [6.07, 6.45) is 1.95. The van der Waals surface area contributed by atoms with Crippen LogP contribution in [-0.4, -0.2) is 11.7 Å². The monoisotopic (exact) mass is 248 g/mol. The summed E-state index contributed by atoms with van der Waals surface area (Å²) in [6.45, 7) is 2.53. The smallest absolute Gasteiger partial charge is 0.165 e. The Morgan fingerprint density at radius 2 is 2.17 bits per heavy atom. The standard InChI is InChI=1S/C14H17FN2O/c1-10(16)13-4-3-7-17(13)9-11-5-6-14(18-2)12(15)8-11/h3-8,10H,9,16H2,1-2H3. The molecule has 2 aromatic rings. The first kappa shape index (κ1) is 12.6. The van der Waals surface area contributed by atoms with Crippen molar-refractivity contribution in [3.8, 4) is 5.75 Å². The van der Waals surface area contributed by atoms with Gasteiger partial charge in [0.2, 0.25) is 0 Å². The Kier molecular flexibility index (Phi) is 3.67. The summed E-state index contributed by atoms with van der Waals surface area (Å²) in [6, 6.07) is 8.86. The van der Waals surface area contributed by atoms with E-state index in [2.05, 4.69) is 0 Å². The van der Waals surface area contributed by atoms with E-state index < -0.39 is 0 Å². The zero-order valence-electron chi connectivity index (χ0n) is 10.6. The van der Waals surface area contributed by atoms with Gasteiger partial charge in [-0.25, -0.2) is 4.39 Å². The van der Waals surface area contributed by atoms with Gasteiger partial charge >= 0.3 is 0 Å². The Hall–Kier alpha value is -1.81. The maximum absolute atomic E-state index is 13.6. The molecule has 2 rings (SSSR count). The Bertz CT molecular complexity index is 534. The van der Waals surface area contributed by atoms with E-state index in [0.717, 1.165) is 11.3 Å². The van der Waals surface area contributed by atoms with E-state index in [4.69, 9.17) is 10.5 Å². The van der Waals surface area contributed by atoms with E-state index >= 15 is 0 Å². The largest absolute Gasteiger partial charge is 0.494 e. The zero-order chi connectivity index (χ0) is 13.1. The van der Waals surface area contributed by atoms with E-state index in [0.29, 0.717) is 6.54 Å². The minimum Gasteiger partial charge on any atom is -0.494 e. The second-order valence-electron chi connectivity index (χ2n) is 4.32. The summed E-state index contributed by atoms with van der Waals surface area (Å²) >= 11 is 0. The lowest BCUT2D eigenvalue weighted by molar-refractivity contribution is 0.386. The molecule has 1 aromatic carbocycles. The van der Waals surface area contributed by atoms with Crippen molar-refractivity contribution in [1.29, 1.82) is 0 Å². The van der Waals surface area contributed by atoms with Crippen molar-refractivity contribution in [3.05, 3.63) is 53.6 Å². The number of halogens is 1. The van der Waals surface area contributed by atoms with Crippen LogP contribution >= 0.6 is 0 Å². The predicted octanol–water partition coefficient (Wildman–Crippen LogP) is 2.70. The van der Waals surface area contributed by atoms with Gasteiger partial charge in [0.1, 0.15) is 0 Å². The molecule has 1 heterocycles. The van der Waals surface area contributed by atoms with E-state index in [1.165, 1.54) is 13.2 Å². The minimum absolute atomic E-state index is 0.0388. The first-order valence-corrected chi connectivity index (χ1v) is 5.85. The van der Waals surface area contributed by atoms with Gasteiger partial charge in [0.25, 0.3) is 0 Å². The molecule has 4 heteroatoms. The average molecular weight is 248 g/mol. The van der Waals surface area contributed by atoms with Crippen LogP contribution in [0, 0.1) is 5.82 Å². The molecule has 0 fully saturated rings. The van der Waals surface area contributed by atoms with Crippen molar-refractivity contribution < 1.29 is 9.13 Å². The van der Waals surface area contributed by atoms with E-state index in [-0.39, 0.29) is 17.6 Å². The summed E-state index contributed by atoms with van der Waals surface area (Å²) in [7, 11) is 1.46. The molecule has 0 radical (unpaired) electrons. The number of benzene rings is 1. The molecule has 2 N–H and O–H groups in total. The molecule has 18 heavy (non-hydrogen) atoms. The number of rotatable bonds is 4. The van der Waals surface area contributed by atoms with Gasteiger partial charge in [-0.15, -0.1) is 0 Å². The number of nitrogens with two attached hydrogens (primary N) is 1. The summed E-state index contributed by atoms with van der Waals surface area (Å²) in [5.41, 5.74) is 7.79. The molecular formula is C14H17FN2O. The van der Waals surface area contributed by atoms with Gasteiger partial charge in [0, 0.05) is 24.5 Å². The highest BCUT2D eigenvalue weighted by atomic mass is 19.1. The quantitative estimate of drug-likeness (QED) is 0.903. The number of hydrogen-bond acceptors (Lipinski definition) is 2. The first-order valence-electron chi connectivity index (χ1n) is 5.85. The zero-order valence-corrected chi connectivity index (χ0v) is 10.6. The van der Waals surface area contributed by atoms with Crippen LogP contribution in [0.1, 0.15) is 24.2 Å². The summed E-state index contributed by atoms with van der Waals surface area (Å²) < 4.78 is 20.5. The number of ether oxygens (including phenoxy) is 1. The molecule has 3 nitrogen and oxygen atoms in total. The fourth-order valence-electron chi connectivity index (χ4n) is 1.99. The van der Waals surface area contributed by atoms with Gasteiger partial charge in [-0.1, -0.05) is 6.07 Å². The Morgan fingerprint density at radius 1 is 1.39 bits per heavy atom. The molecule has 0 spiro atoms. The summed E-state index contributed by atoms with van der Waals surface area (Å²) in [4.78, 5) is 0. The predicted molar refractivity (Wildman–Crippen MR) is 69.1 cm³/mol. The van der Waals surface area contributed by atoms with E-state index in [9.17, 15) is 4.39 Å². The number of methoxy groups -OCH3 is 1. The van der Waals surface area contributed by atoms with Crippen molar-refractivity contribution >= 4 is 0 Å². The third-order valence-corrected chi connectivity index (χ3v) is 2.90. The van der Waals surface area contributed by atoms with Gasteiger partial charge in [-0.2, -0.15) is 0 Å². The first-order chi connectivity index (χ1) is 8.61. The lowest BCUT2D eigenvalue weighted by Crippen LogP contribution is -2.12. The average Bonchev–Trinajstić information content (AvgIpc) is 2.77. The number of hydrogen-bond donors (Lipinski definition) is 1. The SMILES string of the molecule is COc1ccc(Cn2cccc2C(C)N)cc1F. The fourth-order valence-corrected chi connectivity index (χ4v) is 1.99. The minimum atomic E-state index is -0.343. The van der Waals surface area contributed by atoms with Crippen molar-refractivity contribution in [1.82, 2.24) is 4.57 Å². The Labute approximate surface area is 106 Å². The van der Waals surface area contributed by atoms with Crippen molar-refractivity contribution in [2.24, 2.45) is 5.73 Å². The van der Waals surface area contributed by atoms with Crippen LogP contribution in [0.2, 0.25) is 0 Å². The molecule has 0 aliphatic rings. The van der Waals surface area contributed by atoms with Gasteiger partial charge in [0.05, 0.1) is 7.11 Å². The second kappa shape index (κ2) is 5.23. The number of nitrogens with zero attached hydrogens (tertiary/aromatic N) is 1. The molecule has 1 aromatic heterocycles. The van der Waals surface area contributed by atoms with E-state index in [1.807, 2.05) is 35.9 Å². The molecule has 96 valence electrons. The molecule has 0 aliphatic carbocycles. The summed E-state index contributed by atoms with van der Waals surface area (Å²) in [5.74, 6) is -0.0804. The van der Waals surface area contributed by atoms with Crippen LogP contribution in [0.3, 0.4) is 0 Å². The number of aromatic nitrogens is 1. The van der Waals surface area contributed by atoms with Crippen LogP contribution < -0.4 is 10.5 Å². The Morgan fingerprint density at radius 3 is 2.78 bits per heavy atom. The molecule has 0 saturated carbocycles. The van der Waals surface area contributed by atoms with Crippen molar-refractivity contribution in [3.63, 3.8) is 0 Å². The van der Waals surface area contributed by atoms with Crippen LogP contribution in [0.15, 0.2) is 36.5 Å². The third kappa shape index (κ3) is 2.54. The lowest BCUT2D eigenvalue weighted by Gasteiger charge is -2.12. The highest BCUT2D eigenvalue weighted by Gasteiger charge is 2.08. The molecule has 0 bridgehead atoms. The van der Waals surface area contributed by atoms with Gasteiger partial charge in [-0.05, 0) is 36.8 Å². The second-order valence-corrected chi connectivity index (χ2v) is 4.32. The molecule has 0 aliphatic heterocycles. The van der Waals surface area contributed by atoms with Gasteiger partial charge < -0.3 is 15.0 Å². The highest BCUT2D eigenvalue weighted by molar-refractivity contribution is 5.30. The van der Waals surface area contributed by atoms with E-state index in [1.54, 1.807) is 6.07 Å². The van der Waals surface area contributed by atoms with Crippen molar-refractivity contribution in [2.45, 2.75) is 19.5 Å². The molecule has 0 amide bonds. The van der Waals surface area contributed by atoms with Crippen molar-refractivity contribution in [2.75, 3.05) is 7.11 Å². The normalized spacial score (nSPS) is 12.4. The Balaban J connectivity index is 2.23.